The Kier molecular flexibility index (Phi) is 6.31. The van der Waals surface area contributed by atoms with E-state index in [0.717, 1.165) is 28.8 Å². The minimum atomic E-state index is -0.369. The molecule has 1 heterocycles. The summed E-state index contributed by atoms with van der Waals surface area (Å²) in [5.41, 5.74) is 6.01. The van der Waals surface area contributed by atoms with Gasteiger partial charge in [0.15, 0.2) is 0 Å². The summed E-state index contributed by atoms with van der Waals surface area (Å²) in [6.07, 6.45) is 0.886. The van der Waals surface area contributed by atoms with Crippen LogP contribution in [0.5, 0.6) is 5.75 Å². The average Bonchev–Trinajstić information content (AvgIpc) is 3.06. The molecule has 1 N–H and O–H groups in total. The van der Waals surface area contributed by atoms with Crippen molar-refractivity contribution >= 4 is 28.8 Å². The Balaban J connectivity index is 1.78. The van der Waals surface area contributed by atoms with Crippen LogP contribution in [0.15, 0.2) is 72.4 Å². The molecule has 5 nitrogen and oxygen atoms in total. The van der Waals surface area contributed by atoms with Crippen LogP contribution < -0.4 is 15.0 Å². The third kappa shape index (κ3) is 4.40. The van der Waals surface area contributed by atoms with Gasteiger partial charge in [-0.2, -0.15) is 0 Å². The topological polar surface area (TPSA) is 58.6 Å². The van der Waals surface area contributed by atoms with Crippen molar-refractivity contribution in [2.24, 2.45) is 0 Å². The quantitative estimate of drug-likeness (QED) is 0.482. The number of anilines is 2. The molecule has 0 saturated carbocycles. The molecular weight excluding hydrogens is 412 g/mol. The second kappa shape index (κ2) is 9.33. The normalized spacial score (nSPS) is 13.6. The van der Waals surface area contributed by atoms with E-state index in [4.69, 9.17) is 4.74 Å². The van der Waals surface area contributed by atoms with E-state index >= 15 is 0 Å². The smallest absolute Gasteiger partial charge is 0.282 e. The first-order valence-electron chi connectivity index (χ1n) is 11.2. The van der Waals surface area contributed by atoms with Gasteiger partial charge in [-0.05, 0) is 85.8 Å². The second-order valence-corrected chi connectivity index (χ2v) is 8.10. The summed E-state index contributed by atoms with van der Waals surface area (Å²) in [6, 6.07) is 20.7. The standard InChI is InChI=1S/C28H28N2O3/c1-5-20-8-13-23(14-9-20)30-27(31)25(21-10-15-24(16-11-21)33-6-2)26(28(30)32)29-22-12-7-18(3)19(4)17-22/h7-17,29H,5-6H2,1-4H3. The number of nitrogens with zero attached hydrogens (tertiary/aromatic N) is 1. The zero-order chi connectivity index (χ0) is 23.5. The molecule has 0 unspecified atom stereocenters. The second-order valence-electron chi connectivity index (χ2n) is 8.10. The summed E-state index contributed by atoms with van der Waals surface area (Å²) in [5.74, 6) is 0.000375. The number of nitrogens with one attached hydrogen (secondary N) is 1. The summed E-state index contributed by atoms with van der Waals surface area (Å²) < 4.78 is 5.54. The van der Waals surface area contributed by atoms with Gasteiger partial charge in [0, 0.05) is 5.69 Å². The van der Waals surface area contributed by atoms with E-state index in [-0.39, 0.29) is 17.5 Å². The molecule has 0 aromatic heterocycles. The molecule has 3 aromatic carbocycles. The van der Waals surface area contributed by atoms with E-state index in [1.165, 1.54) is 4.90 Å². The maximum absolute atomic E-state index is 13.6. The lowest BCUT2D eigenvalue weighted by molar-refractivity contribution is -0.120. The lowest BCUT2D eigenvalue weighted by atomic mass is 10.0. The van der Waals surface area contributed by atoms with Crippen LogP contribution in [0.25, 0.3) is 5.57 Å². The number of rotatable bonds is 7. The van der Waals surface area contributed by atoms with Gasteiger partial charge in [-0.3, -0.25) is 9.59 Å². The van der Waals surface area contributed by atoms with Crippen molar-refractivity contribution < 1.29 is 14.3 Å². The number of aryl methyl sites for hydroxylation is 3. The molecule has 3 aromatic rings. The van der Waals surface area contributed by atoms with Gasteiger partial charge in [0.05, 0.1) is 17.9 Å². The van der Waals surface area contributed by atoms with Crippen LogP contribution in [0.1, 0.15) is 36.1 Å². The van der Waals surface area contributed by atoms with Crippen LogP contribution in [0.2, 0.25) is 0 Å². The Bertz CT molecular complexity index is 1230. The van der Waals surface area contributed by atoms with Crippen molar-refractivity contribution in [1.82, 2.24) is 0 Å². The number of hydrogen-bond donors (Lipinski definition) is 1. The van der Waals surface area contributed by atoms with Gasteiger partial charge >= 0.3 is 0 Å². The maximum atomic E-state index is 13.6. The number of ether oxygens (including phenoxy) is 1. The summed E-state index contributed by atoms with van der Waals surface area (Å²) in [5, 5.41) is 3.24. The minimum Gasteiger partial charge on any atom is -0.494 e. The van der Waals surface area contributed by atoms with E-state index in [1.54, 1.807) is 0 Å². The first-order valence-corrected chi connectivity index (χ1v) is 11.2. The molecule has 2 amide bonds. The van der Waals surface area contributed by atoms with Crippen molar-refractivity contribution in [2.75, 3.05) is 16.8 Å². The molecule has 0 atom stereocenters. The molecule has 33 heavy (non-hydrogen) atoms. The summed E-state index contributed by atoms with van der Waals surface area (Å²) in [7, 11) is 0. The maximum Gasteiger partial charge on any atom is 0.282 e. The molecule has 0 fully saturated rings. The van der Waals surface area contributed by atoms with Gasteiger partial charge in [-0.15, -0.1) is 0 Å². The number of hydrogen-bond acceptors (Lipinski definition) is 4. The SMILES string of the molecule is CCOc1ccc(C2=C(Nc3ccc(C)c(C)c3)C(=O)N(c3ccc(CC)cc3)C2=O)cc1. The van der Waals surface area contributed by atoms with Crippen LogP contribution in [-0.2, 0) is 16.0 Å². The lowest BCUT2D eigenvalue weighted by Gasteiger charge is -2.16. The van der Waals surface area contributed by atoms with Gasteiger partial charge < -0.3 is 10.1 Å². The highest BCUT2D eigenvalue weighted by Crippen LogP contribution is 2.34. The summed E-state index contributed by atoms with van der Waals surface area (Å²) in [4.78, 5) is 28.4. The third-order valence-corrected chi connectivity index (χ3v) is 5.92. The molecule has 168 valence electrons. The fourth-order valence-corrected chi connectivity index (χ4v) is 3.88. The van der Waals surface area contributed by atoms with E-state index in [2.05, 4.69) is 12.2 Å². The van der Waals surface area contributed by atoms with E-state index < -0.39 is 0 Å². The molecule has 0 radical (unpaired) electrons. The molecule has 0 aliphatic carbocycles. The van der Waals surface area contributed by atoms with Gasteiger partial charge in [-0.1, -0.05) is 37.3 Å². The van der Waals surface area contributed by atoms with Gasteiger partial charge in [0.25, 0.3) is 11.8 Å². The molecule has 0 saturated heterocycles. The van der Waals surface area contributed by atoms with Crippen LogP contribution in [-0.4, -0.2) is 18.4 Å². The number of carbonyl (C=O) groups is 2. The highest BCUT2D eigenvalue weighted by atomic mass is 16.5. The van der Waals surface area contributed by atoms with Crippen molar-refractivity contribution in [1.29, 1.82) is 0 Å². The number of imide groups is 1. The Labute approximate surface area is 194 Å². The molecule has 4 rings (SSSR count). The Morgan fingerprint density at radius 3 is 2.12 bits per heavy atom. The van der Waals surface area contributed by atoms with Crippen molar-refractivity contribution in [3.63, 3.8) is 0 Å². The Morgan fingerprint density at radius 1 is 0.818 bits per heavy atom. The zero-order valence-corrected chi connectivity index (χ0v) is 19.4. The number of carbonyl (C=O) groups excluding carboxylic acids is 2. The number of amides is 2. The van der Waals surface area contributed by atoms with Gasteiger partial charge in [0.1, 0.15) is 11.4 Å². The summed E-state index contributed by atoms with van der Waals surface area (Å²) in [6.45, 7) is 8.60. The molecule has 0 bridgehead atoms. The number of benzene rings is 3. The van der Waals surface area contributed by atoms with Gasteiger partial charge in [0.2, 0.25) is 0 Å². The van der Waals surface area contributed by atoms with E-state index in [9.17, 15) is 9.59 Å². The van der Waals surface area contributed by atoms with Crippen LogP contribution in [0.3, 0.4) is 0 Å². The largest absolute Gasteiger partial charge is 0.494 e. The molecule has 5 heteroatoms. The molecular formula is C28H28N2O3. The van der Waals surface area contributed by atoms with E-state index in [1.807, 2.05) is 87.5 Å². The molecule has 0 spiro atoms. The van der Waals surface area contributed by atoms with Crippen LogP contribution in [0.4, 0.5) is 11.4 Å². The van der Waals surface area contributed by atoms with Crippen LogP contribution in [0, 0.1) is 13.8 Å². The summed E-state index contributed by atoms with van der Waals surface area (Å²) >= 11 is 0. The first kappa shape index (κ1) is 22.3. The fourth-order valence-electron chi connectivity index (χ4n) is 3.88. The highest BCUT2D eigenvalue weighted by Gasteiger charge is 2.40. The van der Waals surface area contributed by atoms with Crippen molar-refractivity contribution in [3.8, 4) is 5.75 Å². The minimum absolute atomic E-state index is 0.270. The van der Waals surface area contributed by atoms with E-state index in [0.29, 0.717) is 29.2 Å². The lowest BCUT2D eigenvalue weighted by Crippen LogP contribution is -2.32. The Hall–Kier alpha value is -3.86. The fraction of sp³-hybridized carbons (Fsp3) is 0.214. The molecule has 1 aliphatic heterocycles. The van der Waals surface area contributed by atoms with Gasteiger partial charge in [-0.25, -0.2) is 4.90 Å². The van der Waals surface area contributed by atoms with Crippen LogP contribution >= 0.6 is 0 Å². The zero-order valence-electron chi connectivity index (χ0n) is 19.4. The Morgan fingerprint density at radius 2 is 1.52 bits per heavy atom. The highest BCUT2D eigenvalue weighted by molar-refractivity contribution is 6.46. The van der Waals surface area contributed by atoms with Crippen molar-refractivity contribution in [3.05, 3.63) is 94.7 Å². The predicted molar refractivity (Wildman–Crippen MR) is 132 cm³/mol. The first-order chi connectivity index (χ1) is 15.9. The van der Waals surface area contributed by atoms with Crippen molar-refractivity contribution in [2.45, 2.75) is 34.1 Å². The average molecular weight is 441 g/mol. The third-order valence-electron chi connectivity index (χ3n) is 5.92. The monoisotopic (exact) mass is 440 g/mol. The predicted octanol–water partition coefficient (Wildman–Crippen LogP) is 5.66. The molecule has 1 aliphatic rings.